The highest BCUT2D eigenvalue weighted by Gasteiger charge is 2.08. The molecule has 2 heterocycles. The minimum Gasteiger partial charge on any atom is -0.384 e. The van der Waals surface area contributed by atoms with E-state index < -0.39 is 0 Å². The largest absolute Gasteiger partial charge is 0.384 e. The number of rotatable bonds is 2. The van der Waals surface area contributed by atoms with Crippen molar-refractivity contribution >= 4 is 5.84 Å². The van der Waals surface area contributed by atoms with Gasteiger partial charge in [-0.3, -0.25) is 9.98 Å². The van der Waals surface area contributed by atoms with E-state index in [-0.39, 0.29) is 5.84 Å². The molecule has 0 fully saturated rings. The van der Waals surface area contributed by atoms with Gasteiger partial charge in [0.25, 0.3) is 0 Å². The van der Waals surface area contributed by atoms with Crippen LogP contribution in [-0.2, 0) is 0 Å². The minimum atomic E-state index is 0.00574. The number of amidine groups is 1. The van der Waals surface area contributed by atoms with E-state index in [4.69, 9.17) is 11.1 Å². The lowest BCUT2D eigenvalue weighted by Gasteiger charge is -2.08. The first kappa shape index (κ1) is 9.39. The van der Waals surface area contributed by atoms with Gasteiger partial charge >= 0.3 is 0 Å². The molecule has 0 unspecified atom stereocenters. The Balaban J connectivity index is 2.63. The molecule has 0 aliphatic rings. The molecule has 0 atom stereocenters. The molecule has 76 valence electrons. The molecule has 0 bridgehead atoms. The summed E-state index contributed by atoms with van der Waals surface area (Å²) in [5.41, 5.74) is 6.97. The van der Waals surface area contributed by atoms with Crippen molar-refractivity contribution in [1.82, 2.24) is 14.5 Å². The zero-order valence-electron chi connectivity index (χ0n) is 8.31. The fourth-order valence-corrected chi connectivity index (χ4v) is 1.33. The number of pyridine rings is 1. The van der Waals surface area contributed by atoms with Crippen LogP contribution in [0.5, 0.6) is 0 Å². The zero-order valence-corrected chi connectivity index (χ0v) is 8.31. The lowest BCUT2D eigenvalue weighted by atomic mass is 10.2. The van der Waals surface area contributed by atoms with E-state index in [1.54, 1.807) is 29.4 Å². The molecule has 2 aromatic heterocycles. The zero-order chi connectivity index (χ0) is 10.8. The average molecular weight is 201 g/mol. The molecule has 15 heavy (non-hydrogen) atoms. The van der Waals surface area contributed by atoms with Crippen LogP contribution < -0.4 is 5.73 Å². The molecule has 0 aliphatic heterocycles. The number of hydrogen-bond donors (Lipinski definition) is 2. The van der Waals surface area contributed by atoms with E-state index in [2.05, 4.69) is 9.97 Å². The van der Waals surface area contributed by atoms with Gasteiger partial charge in [-0.1, -0.05) is 0 Å². The van der Waals surface area contributed by atoms with Gasteiger partial charge in [-0.15, -0.1) is 0 Å². The summed E-state index contributed by atoms with van der Waals surface area (Å²) in [5.74, 6) is 0.645. The molecule has 0 amide bonds. The summed E-state index contributed by atoms with van der Waals surface area (Å²) in [5, 5.41) is 7.45. The molecular weight excluding hydrogens is 190 g/mol. The first-order valence-electron chi connectivity index (χ1n) is 4.49. The normalized spacial score (nSPS) is 10.2. The van der Waals surface area contributed by atoms with Crippen molar-refractivity contribution in [3.63, 3.8) is 0 Å². The third-order valence-electron chi connectivity index (χ3n) is 2.05. The average Bonchev–Trinajstić information content (AvgIpc) is 2.69. The second kappa shape index (κ2) is 3.53. The number of nitrogens with one attached hydrogen (secondary N) is 1. The van der Waals surface area contributed by atoms with Crippen LogP contribution in [0, 0.1) is 12.3 Å². The fraction of sp³-hybridized carbons (Fsp3) is 0.100. The summed E-state index contributed by atoms with van der Waals surface area (Å²) >= 11 is 0. The maximum Gasteiger partial charge on any atom is 0.149 e. The topological polar surface area (TPSA) is 80.6 Å². The molecule has 2 rings (SSSR count). The fourth-order valence-electron chi connectivity index (χ4n) is 1.33. The van der Waals surface area contributed by atoms with Gasteiger partial charge in [0.1, 0.15) is 18.0 Å². The third-order valence-corrected chi connectivity index (χ3v) is 2.05. The predicted octanol–water partition coefficient (Wildman–Crippen LogP) is 0.860. The summed E-state index contributed by atoms with van der Waals surface area (Å²) in [6, 6.07) is 3.62. The van der Waals surface area contributed by atoms with Gasteiger partial charge in [0.05, 0.1) is 5.56 Å². The van der Waals surface area contributed by atoms with E-state index in [1.807, 2.05) is 13.0 Å². The van der Waals surface area contributed by atoms with Crippen LogP contribution in [0.1, 0.15) is 11.3 Å². The minimum absolute atomic E-state index is 0.00574. The molecule has 0 spiro atoms. The first-order chi connectivity index (χ1) is 7.18. The van der Waals surface area contributed by atoms with E-state index in [9.17, 15) is 0 Å². The van der Waals surface area contributed by atoms with Crippen molar-refractivity contribution in [2.45, 2.75) is 6.92 Å². The second-order valence-electron chi connectivity index (χ2n) is 3.21. The number of hydrogen-bond acceptors (Lipinski definition) is 3. The second-order valence-corrected chi connectivity index (χ2v) is 3.21. The Bertz CT molecular complexity index is 487. The van der Waals surface area contributed by atoms with Crippen LogP contribution in [0.2, 0.25) is 0 Å². The van der Waals surface area contributed by atoms with Gasteiger partial charge < -0.3 is 5.73 Å². The van der Waals surface area contributed by atoms with Crippen molar-refractivity contribution in [2.75, 3.05) is 0 Å². The van der Waals surface area contributed by atoms with Crippen LogP contribution in [-0.4, -0.2) is 20.4 Å². The monoisotopic (exact) mass is 201 g/mol. The van der Waals surface area contributed by atoms with Gasteiger partial charge in [0.15, 0.2) is 0 Å². The number of nitrogens with two attached hydrogens (primary N) is 1. The maximum atomic E-state index is 7.45. The number of aromatic nitrogens is 3. The Labute approximate surface area is 87.1 Å². The van der Waals surface area contributed by atoms with E-state index in [1.165, 1.54) is 0 Å². The molecule has 0 saturated carbocycles. The molecular formula is C10H11N5. The smallest absolute Gasteiger partial charge is 0.149 e. The van der Waals surface area contributed by atoms with Crippen molar-refractivity contribution in [1.29, 1.82) is 5.41 Å². The summed E-state index contributed by atoms with van der Waals surface area (Å²) in [4.78, 5) is 8.28. The quantitative estimate of drug-likeness (QED) is 0.558. The van der Waals surface area contributed by atoms with Crippen LogP contribution in [0.3, 0.4) is 0 Å². The molecule has 3 N–H and O–H groups in total. The molecule has 5 nitrogen and oxygen atoms in total. The van der Waals surface area contributed by atoms with Crippen molar-refractivity contribution < 1.29 is 0 Å². The number of nitrogens with zero attached hydrogens (tertiary/aromatic N) is 3. The Kier molecular flexibility index (Phi) is 2.21. The Morgan fingerprint density at radius 3 is 2.87 bits per heavy atom. The first-order valence-corrected chi connectivity index (χ1v) is 4.49. The summed E-state index contributed by atoms with van der Waals surface area (Å²) in [7, 11) is 0. The van der Waals surface area contributed by atoms with Gasteiger partial charge in [0.2, 0.25) is 0 Å². The van der Waals surface area contributed by atoms with Crippen molar-refractivity contribution in [3.05, 3.63) is 42.1 Å². The molecule has 0 aliphatic carbocycles. The number of imidazole rings is 1. The van der Waals surface area contributed by atoms with E-state index >= 15 is 0 Å². The Morgan fingerprint density at radius 1 is 1.47 bits per heavy atom. The maximum absolute atomic E-state index is 7.45. The summed E-state index contributed by atoms with van der Waals surface area (Å²) in [6.45, 7) is 1.89. The lowest BCUT2D eigenvalue weighted by Crippen LogP contribution is -2.15. The van der Waals surface area contributed by atoms with Crippen molar-refractivity contribution in [3.8, 4) is 5.82 Å². The van der Waals surface area contributed by atoms with Gasteiger partial charge in [-0.25, -0.2) is 9.97 Å². The third kappa shape index (κ3) is 1.71. The molecule has 5 heteroatoms. The van der Waals surface area contributed by atoms with Crippen LogP contribution in [0.4, 0.5) is 0 Å². The predicted molar refractivity (Wildman–Crippen MR) is 57.1 cm³/mol. The lowest BCUT2D eigenvalue weighted by molar-refractivity contribution is 0.969. The van der Waals surface area contributed by atoms with E-state index in [0.29, 0.717) is 11.4 Å². The number of aryl methyl sites for hydroxylation is 1. The number of nitrogen functional groups attached to an aromatic ring is 1. The molecule has 0 radical (unpaired) electrons. The van der Waals surface area contributed by atoms with Crippen molar-refractivity contribution in [2.24, 2.45) is 5.73 Å². The Morgan fingerprint density at radius 2 is 2.27 bits per heavy atom. The van der Waals surface area contributed by atoms with Crippen LogP contribution in [0.15, 0.2) is 30.9 Å². The van der Waals surface area contributed by atoms with Gasteiger partial charge in [0, 0.05) is 18.1 Å². The molecule has 0 saturated heterocycles. The Hall–Kier alpha value is -2.17. The van der Waals surface area contributed by atoms with Gasteiger partial charge in [-0.2, -0.15) is 0 Å². The SMILES string of the molecule is Cc1ccc(C(=N)N)c(-n2ccnc2)n1. The summed E-state index contributed by atoms with van der Waals surface area (Å²) < 4.78 is 1.74. The standard InChI is InChI=1S/C10H11N5/c1-7-2-3-8(9(11)12)10(14-7)15-5-4-13-6-15/h2-6H,1H3,(H3,11,12). The van der Waals surface area contributed by atoms with E-state index in [0.717, 1.165) is 5.69 Å². The highest BCUT2D eigenvalue weighted by atomic mass is 15.1. The molecule has 0 aromatic carbocycles. The summed E-state index contributed by atoms with van der Waals surface area (Å²) in [6.07, 6.45) is 5.07. The molecule has 2 aromatic rings. The highest BCUT2D eigenvalue weighted by molar-refractivity contribution is 5.97. The van der Waals surface area contributed by atoms with Crippen LogP contribution >= 0.6 is 0 Å². The van der Waals surface area contributed by atoms with Crippen LogP contribution in [0.25, 0.3) is 5.82 Å². The van der Waals surface area contributed by atoms with Gasteiger partial charge in [-0.05, 0) is 19.1 Å². The highest BCUT2D eigenvalue weighted by Crippen LogP contribution is 2.11.